The molecule has 0 rings (SSSR count). The maximum atomic E-state index is 10.4. The van der Waals surface area contributed by atoms with Crippen LogP contribution in [0.5, 0.6) is 0 Å². The first-order valence-corrected chi connectivity index (χ1v) is 10.0. The summed E-state index contributed by atoms with van der Waals surface area (Å²) in [6.07, 6.45) is 13.3. The summed E-state index contributed by atoms with van der Waals surface area (Å²) in [6.45, 7) is 6.02. The van der Waals surface area contributed by atoms with Crippen molar-refractivity contribution in [1.82, 2.24) is 0 Å². The maximum absolute atomic E-state index is 10.4. The summed E-state index contributed by atoms with van der Waals surface area (Å²) in [6, 6.07) is 0. The van der Waals surface area contributed by atoms with Crippen molar-refractivity contribution in [3.63, 3.8) is 0 Å². The molecule has 0 aromatic heterocycles. The molecule has 0 aliphatic heterocycles. The van der Waals surface area contributed by atoms with Crippen LogP contribution in [0.2, 0.25) is 0 Å². The molecule has 5 nitrogen and oxygen atoms in total. The molecular formula is C16H37NaO5S. The molecule has 0 aliphatic carbocycles. The van der Waals surface area contributed by atoms with Gasteiger partial charge in [0.15, 0.2) is 0 Å². The first kappa shape index (κ1) is 28.6. The van der Waals surface area contributed by atoms with E-state index in [0.29, 0.717) is 6.61 Å². The molecule has 0 radical (unpaired) electrons. The third-order valence-electron chi connectivity index (χ3n) is 3.04. The first-order chi connectivity index (χ1) is 10.5. The summed E-state index contributed by atoms with van der Waals surface area (Å²) >= 11 is 0. The van der Waals surface area contributed by atoms with E-state index in [1.54, 1.807) is 13.8 Å². The summed E-state index contributed by atoms with van der Waals surface area (Å²) in [5, 5.41) is 8.57. The molecule has 0 aliphatic rings. The van der Waals surface area contributed by atoms with Crippen LogP contribution >= 0.6 is 0 Å². The number of hydrogen-bond acceptors (Lipinski definition) is 5. The van der Waals surface area contributed by atoms with Crippen molar-refractivity contribution in [2.75, 3.05) is 19.8 Å². The van der Waals surface area contributed by atoms with Gasteiger partial charge >= 0.3 is 40.0 Å². The molecule has 0 amide bonds. The third-order valence-corrected chi connectivity index (χ3v) is 4.08. The Morgan fingerprint density at radius 2 is 1.04 bits per heavy atom. The van der Waals surface area contributed by atoms with Gasteiger partial charge in [0, 0.05) is 6.61 Å². The van der Waals surface area contributed by atoms with Crippen LogP contribution in [0.15, 0.2) is 0 Å². The molecule has 0 saturated heterocycles. The van der Waals surface area contributed by atoms with Crippen LogP contribution in [-0.4, -0.2) is 62.9 Å². The van der Waals surface area contributed by atoms with E-state index >= 15 is 0 Å². The average Bonchev–Trinajstić information content (AvgIpc) is 2.46. The van der Waals surface area contributed by atoms with Crippen molar-refractivity contribution in [2.24, 2.45) is 0 Å². The molecule has 0 fully saturated rings. The zero-order chi connectivity index (χ0) is 17.1. The van der Waals surface area contributed by atoms with Gasteiger partial charge < -0.3 is 5.11 Å². The topological polar surface area (TPSA) is 72.8 Å². The normalized spacial score (nSPS) is 10.6. The standard InChI is InChI=1S/C12H26O.C4H10O4S.Na.H/c1-2-3-4-5-6-7-8-9-10-11-12-13;1-3-7-9(5,6)8-4-2;;/h13H,2-12H2,1H3;3-4H2,1-2H3;;. The van der Waals surface area contributed by atoms with E-state index < -0.39 is 10.4 Å². The molecule has 0 aromatic carbocycles. The molecule has 0 atom stereocenters. The summed E-state index contributed by atoms with van der Waals surface area (Å²) in [5.74, 6) is 0. The van der Waals surface area contributed by atoms with Gasteiger partial charge in [-0.2, -0.15) is 8.42 Å². The Balaban J connectivity index is -0.000000354. The second-order valence-corrected chi connectivity index (χ2v) is 6.41. The van der Waals surface area contributed by atoms with Gasteiger partial charge in [0.2, 0.25) is 0 Å². The Morgan fingerprint density at radius 1 is 0.696 bits per heavy atom. The van der Waals surface area contributed by atoms with Gasteiger partial charge in [0.25, 0.3) is 0 Å². The van der Waals surface area contributed by atoms with Crippen molar-refractivity contribution in [2.45, 2.75) is 85.0 Å². The summed E-state index contributed by atoms with van der Waals surface area (Å²) in [4.78, 5) is 0. The Kier molecular flexibility index (Phi) is 28.4. The minimum absolute atomic E-state index is 0. The van der Waals surface area contributed by atoms with E-state index in [4.69, 9.17) is 5.11 Å². The van der Waals surface area contributed by atoms with Crippen LogP contribution in [0.4, 0.5) is 0 Å². The van der Waals surface area contributed by atoms with Crippen LogP contribution in [-0.2, 0) is 18.8 Å². The molecule has 0 unspecified atom stereocenters. The summed E-state index contributed by atoms with van der Waals surface area (Å²) < 4.78 is 29.2. The van der Waals surface area contributed by atoms with E-state index in [0.717, 1.165) is 6.42 Å². The molecule has 0 bridgehead atoms. The molecule has 0 spiro atoms. The first-order valence-electron chi connectivity index (χ1n) is 8.68. The Morgan fingerprint density at radius 3 is 1.35 bits per heavy atom. The van der Waals surface area contributed by atoms with Crippen molar-refractivity contribution < 1.29 is 21.9 Å². The molecule has 1 N–H and O–H groups in total. The Labute approximate surface area is 166 Å². The predicted octanol–water partition coefficient (Wildman–Crippen LogP) is 3.56. The summed E-state index contributed by atoms with van der Waals surface area (Å²) in [5.41, 5.74) is 0. The second kappa shape index (κ2) is 22.8. The van der Waals surface area contributed by atoms with E-state index in [2.05, 4.69) is 15.3 Å². The van der Waals surface area contributed by atoms with Crippen LogP contribution in [0.3, 0.4) is 0 Å². The fraction of sp³-hybridized carbons (Fsp3) is 1.00. The molecule has 138 valence electrons. The monoisotopic (exact) mass is 364 g/mol. The third kappa shape index (κ3) is 27.9. The zero-order valence-electron chi connectivity index (χ0n) is 14.7. The van der Waals surface area contributed by atoms with Gasteiger partial charge in [0.1, 0.15) is 0 Å². The van der Waals surface area contributed by atoms with Crippen LogP contribution in [0.25, 0.3) is 0 Å². The van der Waals surface area contributed by atoms with Gasteiger partial charge in [-0.15, -0.1) is 0 Å². The molecule has 23 heavy (non-hydrogen) atoms. The van der Waals surface area contributed by atoms with E-state index in [-0.39, 0.29) is 42.8 Å². The number of unbranched alkanes of at least 4 members (excludes halogenated alkanes) is 9. The van der Waals surface area contributed by atoms with Crippen LogP contribution in [0, 0.1) is 0 Å². The van der Waals surface area contributed by atoms with Gasteiger partial charge in [-0.1, -0.05) is 64.7 Å². The second-order valence-electron chi connectivity index (χ2n) is 5.13. The molecule has 0 heterocycles. The van der Waals surface area contributed by atoms with Gasteiger partial charge in [-0.05, 0) is 20.3 Å². The summed E-state index contributed by atoms with van der Waals surface area (Å²) in [7, 11) is -3.68. The number of aliphatic hydroxyl groups excluding tert-OH is 1. The number of rotatable bonds is 14. The molecule has 0 aromatic rings. The Hall–Kier alpha value is 0.830. The Bertz CT molecular complexity index is 275. The molecular weight excluding hydrogens is 327 g/mol. The molecule has 0 saturated carbocycles. The molecule has 7 heteroatoms. The van der Waals surface area contributed by atoms with Crippen LogP contribution in [0.1, 0.15) is 85.0 Å². The fourth-order valence-electron chi connectivity index (χ4n) is 1.92. The zero-order valence-corrected chi connectivity index (χ0v) is 15.5. The van der Waals surface area contributed by atoms with Crippen molar-refractivity contribution in [1.29, 1.82) is 0 Å². The van der Waals surface area contributed by atoms with Crippen molar-refractivity contribution in [3.8, 4) is 0 Å². The van der Waals surface area contributed by atoms with Gasteiger partial charge in [0.05, 0.1) is 13.2 Å². The van der Waals surface area contributed by atoms with Crippen LogP contribution < -0.4 is 0 Å². The minimum atomic E-state index is -3.68. The van der Waals surface area contributed by atoms with Gasteiger partial charge in [-0.25, -0.2) is 8.37 Å². The van der Waals surface area contributed by atoms with E-state index in [1.807, 2.05) is 0 Å². The SMILES string of the molecule is CCCCCCCCCCCCO.CCOS(=O)(=O)OCC.[NaH]. The quantitative estimate of drug-likeness (QED) is 0.377. The van der Waals surface area contributed by atoms with E-state index in [1.165, 1.54) is 57.8 Å². The van der Waals surface area contributed by atoms with Gasteiger partial charge in [-0.3, -0.25) is 0 Å². The predicted molar refractivity (Wildman–Crippen MR) is 98.3 cm³/mol. The van der Waals surface area contributed by atoms with E-state index in [9.17, 15) is 8.42 Å². The van der Waals surface area contributed by atoms with Crippen molar-refractivity contribution in [3.05, 3.63) is 0 Å². The fourth-order valence-corrected chi connectivity index (χ4v) is 2.57. The van der Waals surface area contributed by atoms with Crippen molar-refractivity contribution >= 4 is 40.0 Å². The average molecular weight is 365 g/mol. The number of aliphatic hydroxyl groups is 1. The number of hydrogen-bond donors (Lipinski definition) is 1.